The summed E-state index contributed by atoms with van der Waals surface area (Å²) in [7, 11) is 1.44. The first-order valence-corrected chi connectivity index (χ1v) is 6.70. The Bertz CT molecular complexity index is 660. The summed E-state index contributed by atoms with van der Waals surface area (Å²) in [4.78, 5) is 16.0. The molecule has 2 aromatic rings. The van der Waals surface area contributed by atoms with Gasteiger partial charge in [-0.3, -0.25) is 9.00 Å². The highest BCUT2D eigenvalue weighted by Crippen LogP contribution is 2.19. The minimum absolute atomic E-state index is 0.0174. The Balaban J connectivity index is 2.25. The third-order valence-corrected chi connectivity index (χ3v) is 3.20. The second-order valence-corrected chi connectivity index (χ2v) is 4.66. The van der Waals surface area contributed by atoms with E-state index in [0.717, 1.165) is 0 Å². The first-order valence-electron chi connectivity index (χ1n) is 5.62. The number of nitrogens with zero attached hydrogens (tertiary/aromatic N) is 1. The minimum Gasteiger partial charge on any atom is -0.768 e. The zero-order valence-corrected chi connectivity index (χ0v) is 11.3. The molecule has 7 heteroatoms. The van der Waals surface area contributed by atoms with E-state index in [2.05, 4.69) is 10.3 Å². The standard InChI is InChI=1S/C13H12N2O4S/c1-19-12-8-4-6-10(14-12)13(16)15-9-5-2-3-7-11(9)20(17)18/h2-8H,1H3,(H,15,16)(H,17,18)/p-1. The van der Waals surface area contributed by atoms with Gasteiger partial charge in [0.25, 0.3) is 5.91 Å². The number of anilines is 1. The van der Waals surface area contributed by atoms with Crippen molar-refractivity contribution in [2.75, 3.05) is 12.4 Å². The van der Waals surface area contributed by atoms with Gasteiger partial charge in [0, 0.05) is 11.0 Å². The van der Waals surface area contributed by atoms with Gasteiger partial charge < -0.3 is 14.6 Å². The molecule has 0 aliphatic rings. The van der Waals surface area contributed by atoms with Gasteiger partial charge in [-0.2, -0.15) is 0 Å². The molecular weight excluding hydrogens is 280 g/mol. The van der Waals surface area contributed by atoms with E-state index in [0.29, 0.717) is 5.88 Å². The van der Waals surface area contributed by atoms with E-state index in [4.69, 9.17) is 4.74 Å². The number of carbonyl (C=O) groups is 1. The summed E-state index contributed by atoms with van der Waals surface area (Å²) in [5.41, 5.74) is 0.339. The van der Waals surface area contributed by atoms with E-state index >= 15 is 0 Å². The molecule has 0 spiro atoms. The van der Waals surface area contributed by atoms with Crippen LogP contribution in [0.2, 0.25) is 0 Å². The van der Waals surface area contributed by atoms with Crippen molar-refractivity contribution in [1.29, 1.82) is 0 Å². The fraction of sp³-hybridized carbons (Fsp3) is 0.0769. The van der Waals surface area contributed by atoms with Gasteiger partial charge in [-0.25, -0.2) is 4.98 Å². The molecule has 1 atom stereocenters. The van der Waals surface area contributed by atoms with E-state index in [1.165, 1.54) is 25.3 Å². The van der Waals surface area contributed by atoms with Gasteiger partial charge in [-0.1, -0.05) is 18.2 Å². The topological polar surface area (TPSA) is 91.3 Å². The highest BCUT2D eigenvalue weighted by molar-refractivity contribution is 7.79. The normalized spacial score (nSPS) is 11.7. The number of hydrogen-bond donors (Lipinski definition) is 1. The molecule has 1 unspecified atom stereocenters. The Morgan fingerprint density at radius 3 is 2.70 bits per heavy atom. The number of pyridine rings is 1. The highest BCUT2D eigenvalue weighted by Gasteiger charge is 2.11. The monoisotopic (exact) mass is 291 g/mol. The fourth-order valence-electron chi connectivity index (χ4n) is 1.56. The van der Waals surface area contributed by atoms with Gasteiger partial charge >= 0.3 is 0 Å². The Labute approximate surface area is 118 Å². The van der Waals surface area contributed by atoms with Gasteiger partial charge in [-0.15, -0.1) is 0 Å². The first kappa shape index (κ1) is 14.2. The van der Waals surface area contributed by atoms with Crippen LogP contribution in [0.1, 0.15) is 10.5 Å². The number of carbonyl (C=O) groups excluding carboxylic acids is 1. The molecule has 1 amide bonds. The molecular formula is C13H11N2O4S-. The molecule has 2 rings (SSSR count). The molecule has 0 fully saturated rings. The molecule has 0 aliphatic carbocycles. The zero-order valence-electron chi connectivity index (χ0n) is 10.5. The van der Waals surface area contributed by atoms with Crippen molar-refractivity contribution in [1.82, 2.24) is 4.98 Å². The largest absolute Gasteiger partial charge is 0.768 e. The minimum atomic E-state index is -2.43. The number of ether oxygens (including phenoxy) is 1. The van der Waals surface area contributed by atoms with Gasteiger partial charge in [0.15, 0.2) is 0 Å². The number of hydrogen-bond acceptors (Lipinski definition) is 5. The second-order valence-electron chi connectivity index (χ2n) is 3.75. The molecule has 0 bridgehead atoms. The summed E-state index contributed by atoms with van der Waals surface area (Å²) in [6.45, 7) is 0. The number of amides is 1. The first-order chi connectivity index (χ1) is 9.61. The average molecular weight is 291 g/mol. The van der Waals surface area contributed by atoms with Crippen LogP contribution in [0, 0.1) is 0 Å². The molecule has 20 heavy (non-hydrogen) atoms. The Morgan fingerprint density at radius 2 is 2.00 bits per heavy atom. The molecule has 0 saturated carbocycles. The molecule has 104 valence electrons. The van der Waals surface area contributed by atoms with Gasteiger partial charge in [0.05, 0.1) is 12.8 Å². The van der Waals surface area contributed by atoms with Crippen LogP contribution >= 0.6 is 0 Å². The third-order valence-electron chi connectivity index (χ3n) is 2.48. The van der Waals surface area contributed by atoms with E-state index in [9.17, 15) is 13.6 Å². The van der Waals surface area contributed by atoms with Crippen LogP contribution in [0.4, 0.5) is 5.69 Å². The summed E-state index contributed by atoms with van der Waals surface area (Å²) in [5, 5.41) is 2.51. The van der Waals surface area contributed by atoms with Crippen LogP contribution < -0.4 is 10.1 Å². The average Bonchev–Trinajstić information content (AvgIpc) is 2.47. The predicted molar refractivity (Wildman–Crippen MR) is 72.4 cm³/mol. The SMILES string of the molecule is COc1cccc(C(=O)Nc2ccccc2S(=O)[O-])n1. The Morgan fingerprint density at radius 1 is 1.25 bits per heavy atom. The summed E-state index contributed by atoms with van der Waals surface area (Å²) in [5.74, 6) is -0.208. The number of aromatic nitrogens is 1. The van der Waals surface area contributed by atoms with Crippen LogP contribution in [0.25, 0.3) is 0 Å². The van der Waals surface area contributed by atoms with E-state index in [1.54, 1.807) is 24.3 Å². The van der Waals surface area contributed by atoms with Crippen LogP contribution in [0.3, 0.4) is 0 Å². The predicted octanol–water partition coefficient (Wildman–Crippen LogP) is 1.58. The molecule has 1 heterocycles. The molecule has 0 radical (unpaired) electrons. The van der Waals surface area contributed by atoms with Crippen molar-refractivity contribution in [3.05, 3.63) is 48.2 Å². The zero-order chi connectivity index (χ0) is 14.5. The summed E-state index contributed by atoms with van der Waals surface area (Å²) in [6.07, 6.45) is 0. The van der Waals surface area contributed by atoms with Crippen molar-refractivity contribution in [2.24, 2.45) is 0 Å². The van der Waals surface area contributed by atoms with Crippen molar-refractivity contribution >= 4 is 22.7 Å². The lowest BCUT2D eigenvalue weighted by Crippen LogP contribution is -2.15. The van der Waals surface area contributed by atoms with E-state index < -0.39 is 17.0 Å². The number of methoxy groups -OCH3 is 1. The smallest absolute Gasteiger partial charge is 0.274 e. The maximum Gasteiger partial charge on any atom is 0.274 e. The molecule has 1 N–H and O–H groups in total. The quantitative estimate of drug-likeness (QED) is 0.863. The van der Waals surface area contributed by atoms with Crippen LogP contribution in [-0.2, 0) is 11.1 Å². The van der Waals surface area contributed by atoms with Crippen molar-refractivity contribution < 1.29 is 18.3 Å². The highest BCUT2D eigenvalue weighted by atomic mass is 32.2. The number of para-hydroxylation sites is 1. The molecule has 0 saturated heterocycles. The van der Waals surface area contributed by atoms with E-state index in [1.807, 2.05) is 0 Å². The molecule has 1 aromatic heterocycles. The number of benzene rings is 1. The molecule has 0 aliphatic heterocycles. The second kappa shape index (κ2) is 6.27. The summed E-state index contributed by atoms with van der Waals surface area (Å²) in [6, 6.07) is 10.8. The van der Waals surface area contributed by atoms with E-state index in [-0.39, 0.29) is 16.3 Å². The van der Waals surface area contributed by atoms with Gasteiger partial charge in [0.1, 0.15) is 5.69 Å². The lowest BCUT2D eigenvalue weighted by atomic mass is 10.3. The summed E-state index contributed by atoms with van der Waals surface area (Å²) >= 11 is -2.43. The molecule has 6 nitrogen and oxygen atoms in total. The van der Waals surface area contributed by atoms with Crippen molar-refractivity contribution in [2.45, 2.75) is 4.90 Å². The maximum absolute atomic E-state index is 12.0. The maximum atomic E-state index is 12.0. The fourth-order valence-corrected chi connectivity index (χ4v) is 2.04. The Hall–Kier alpha value is -2.25. The van der Waals surface area contributed by atoms with Crippen LogP contribution in [-0.4, -0.2) is 26.8 Å². The third kappa shape index (κ3) is 3.19. The lowest BCUT2D eigenvalue weighted by Gasteiger charge is -2.12. The Kier molecular flexibility index (Phi) is 4.44. The van der Waals surface area contributed by atoms with Crippen molar-refractivity contribution in [3.63, 3.8) is 0 Å². The van der Waals surface area contributed by atoms with Crippen LogP contribution in [0.5, 0.6) is 5.88 Å². The van der Waals surface area contributed by atoms with Crippen LogP contribution in [0.15, 0.2) is 47.4 Å². The molecule has 1 aromatic carbocycles. The number of rotatable bonds is 4. The number of nitrogens with one attached hydrogen (secondary N) is 1. The lowest BCUT2D eigenvalue weighted by molar-refractivity contribution is 0.102. The van der Waals surface area contributed by atoms with Crippen molar-refractivity contribution in [3.8, 4) is 5.88 Å². The van der Waals surface area contributed by atoms with Gasteiger partial charge in [0.2, 0.25) is 5.88 Å². The van der Waals surface area contributed by atoms with Gasteiger partial charge in [-0.05, 0) is 29.3 Å². The summed E-state index contributed by atoms with van der Waals surface area (Å²) < 4.78 is 27.0.